The maximum Gasteiger partial charge on any atom is 0.119 e. The Balaban J connectivity index is 1.88. The third-order valence-corrected chi connectivity index (χ3v) is 3.08. The van der Waals surface area contributed by atoms with Crippen LogP contribution in [-0.4, -0.2) is 6.04 Å². The number of hydrogen-bond donors (Lipinski definition) is 1. The van der Waals surface area contributed by atoms with Crippen LogP contribution in [0.1, 0.15) is 18.1 Å². The SMILES string of the molecule is C/C=C/[C@H](N)Cc1ccc(OCc2ccccc2)cc1. The smallest absolute Gasteiger partial charge is 0.119 e. The normalized spacial score (nSPS) is 12.5. The van der Waals surface area contributed by atoms with Crippen molar-refractivity contribution in [1.29, 1.82) is 0 Å². The van der Waals surface area contributed by atoms with Crippen LogP contribution in [0.25, 0.3) is 0 Å². The van der Waals surface area contributed by atoms with Gasteiger partial charge >= 0.3 is 0 Å². The molecule has 1 atom stereocenters. The van der Waals surface area contributed by atoms with E-state index < -0.39 is 0 Å². The number of ether oxygens (including phenoxy) is 1. The van der Waals surface area contributed by atoms with Gasteiger partial charge in [-0.15, -0.1) is 0 Å². The zero-order chi connectivity index (χ0) is 14.2. The van der Waals surface area contributed by atoms with Gasteiger partial charge in [-0.3, -0.25) is 0 Å². The van der Waals surface area contributed by atoms with Crippen LogP contribution in [0, 0.1) is 0 Å². The highest BCUT2D eigenvalue weighted by atomic mass is 16.5. The second-order valence-corrected chi connectivity index (χ2v) is 4.81. The molecule has 104 valence electrons. The molecule has 0 heterocycles. The molecule has 0 saturated heterocycles. The monoisotopic (exact) mass is 267 g/mol. The molecule has 2 heteroatoms. The fraction of sp³-hybridized carbons (Fsp3) is 0.222. The predicted molar refractivity (Wildman–Crippen MR) is 83.7 cm³/mol. The molecule has 0 radical (unpaired) electrons. The van der Waals surface area contributed by atoms with Crippen LogP contribution < -0.4 is 10.5 Å². The molecule has 2 aromatic rings. The van der Waals surface area contributed by atoms with Crippen LogP contribution in [0.2, 0.25) is 0 Å². The standard InChI is InChI=1S/C18H21NO/c1-2-6-17(19)13-15-9-11-18(12-10-15)20-14-16-7-4-3-5-8-16/h2-12,17H,13-14,19H2,1H3/b6-2+/t17-/m0/s1. The Hall–Kier alpha value is -2.06. The van der Waals surface area contributed by atoms with E-state index in [1.807, 2.05) is 49.4 Å². The van der Waals surface area contributed by atoms with Gasteiger partial charge in [0.05, 0.1) is 0 Å². The summed E-state index contributed by atoms with van der Waals surface area (Å²) in [7, 11) is 0. The first-order valence-electron chi connectivity index (χ1n) is 6.92. The van der Waals surface area contributed by atoms with Crippen LogP contribution in [0.15, 0.2) is 66.7 Å². The lowest BCUT2D eigenvalue weighted by atomic mass is 10.1. The third-order valence-electron chi connectivity index (χ3n) is 3.08. The van der Waals surface area contributed by atoms with Crippen molar-refractivity contribution in [3.8, 4) is 5.75 Å². The summed E-state index contributed by atoms with van der Waals surface area (Å²) in [6, 6.07) is 18.4. The van der Waals surface area contributed by atoms with Crippen molar-refractivity contribution in [1.82, 2.24) is 0 Å². The van der Waals surface area contributed by atoms with Gasteiger partial charge < -0.3 is 10.5 Å². The van der Waals surface area contributed by atoms with E-state index in [1.165, 1.54) is 11.1 Å². The lowest BCUT2D eigenvalue weighted by Crippen LogP contribution is -2.19. The molecule has 0 spiro atoms. The average Bonchev–Trinajstić information content (AvgIpc) is 2.48. The molecule has 20 heavy (non-hydrogen) atoms. The minimum Gasteiger partial charge on any atom is -0.489 e. The van der Waals surface area contributed by atoms with Crippen molar-refractivity contribution in [3.05, 3.63) is 77.9 Å². The molecule has 0 aliphatic rings. The molecule has 0 amide bonds. The van der Waals surface area contributed by atoms with Crippen LogP contribution >= 0.6 is 0 Å². The quantitative estimate of drug-likeness (QED) is 0.810. The summed E-state index contributed by atoms with van der Waals surface area (Å²) < 4.78 is 5.75. The number of allylic oxidation sites excluding steroid dienone is 1. The van der Waals surface area contributed by atoms with E-state index in [0.717, 1.165) is 12.2 Å². The van der Waals surface area contributed by atoms with E-state index in [2.05, 4.69) is 24.3 Å². The van der Waals surface area contributed by atoms with Gasteiger partial charge in [-0.2, -0.15) is 0 Å². The van der Waals surface area contributed by atoms with E-state index >= 15 is 0 Å². The van der Waals surface area contributed by atoms with Crippen molar-refractivity contribution in [2.45, 2.75) is 26.0 Å². The Morgan fingerprint density at radius 2 is 1.70 bits per heavy atom. The van der Waals surface area contributed by atoms with Crippen LogP contribution in [0.5, 0.6) is 5.75 Å². The fourth-order valence-corrected chi connectivity index (χ4v) is 2.05. The first-order chi connectivity index (χ1) is 9.78. The zero-order valence-electron chi connectivity index (χ0n) is 11.8. The molecular formula is C18H21NO. The Labute approximate surface area is 120 Å². The molecule has 0 unspecified atom stereocenters. The van der Waals surface area contributed by atoms with Gasteiger partial charge in [-0.25, -0.2) is 0 Å². The van der Waals surface area contributed by atoms with Gasteiger partial charge in [-0.1, -0.05) is 54.6 Å². The molecule has 2 nitrogen and oxygen atoms in total. The summed E-state index contributed by atoms with van der Waals surface area (Å²) in [5, 5.41) is 0. The van der Waals surface area contributed by atoms with E-state index in [4.69, 9.17) is 10.5 Å². The van der Waals surface area contributed by atoms with Crippen molar-refractivity contribution in [2.24, 2.45) is 5.73 Å². The maximum absolute atomic E-state index is 5.97. The largest absolute Gasteiger partial charge is 0.489 e. The van der Waals surface area contributed by atoms with E-state index in [1.54, 1.807) is 0 Å². The van der Waals surface area contributed by atoms with Gasteiger partial charge in [0, 0.05) is 6.04 Å². The Morgan fingerprint density at radius 3 is 2.35 bits per heavy atom. The van der Waals surface area contributed by atoms with E-state index in [0.29, 0.717) is 6.61 Å². The highest BCUT2D eigenvalue weighted by molar-refractivity contribution is 5.28. The molecule has 0 aromatic heterocycles. The zero-order valence-corrected chi connectivity index (χ0v) is 11.8. The van der Waals surface area contributed by atoms with Crippen molar-refractivity contribution in [3.63, 3.8) is 0 Å². The maximum atomic E-state index is 5.97. The van der Waals surface area contributed by atoms with Crippen LogP contribution in [0.4, 0.5) is 0 Å². The summed E-state index contributed by atoms with van der Waals surface area (Å²) in [6.45, 7) is 2.58. The van der Waals surface area contributed by atoms with Crippen LogP contribution in [0.3, 0.4) is 0 Å². The minimum absolute atomic E-state index is 0.0797. The fourth-order valence-electron chi connectivity index (χ4n) is 2.05. The van der Waals surface area contributed by atoms with Gasteiger partial charge in [0.1, 0.15) is 12.4 Å². The Bertz CT molecular complexity index is 531. The molecule has 2 N–H and O–H groups in total. The number of benzene rings is 2. The summed E-state index contributed by atoms with van der Waals surface area (Å²) in [5.74, 6) is 0.886. The van der Waals surface area contributed by atoms with Crippen molar-refractivity contribution >= 4 is 0 Å². The van der Waals surface area contributed by atoms with E-state index in [9.17, 15) is 0 Å². The second kappa shape index (κ2) is 7.51. The number of nitrogens with two attached hydrogens (primary N) is 1. The lowest BCUT2D eigenvalue weighted by molar-refractivity contribution is 0.306. The van der Waals surface area contributed by atoms with E-state index in [-0.39, 0.29) is 6.04 Å². The van der Waals surface area contributed by atoms with Crippen LogP contribution in [-0.2, 0) is 13.0 Å². The molecule has 2 rings (SSSR count). The molecule has 0 aliphatic carbocycles. The molecule has 0 aliphatic heterocycles. The predicted octanol–water partition coefficient (Wildman–Crippen LogP) is 3.71. The Kier molecular flexibility index (Phi) is 5.39. The van der Waals surface area contributed by atoms with Crippen molar-refractivity contribution < 1.29 is 4.74 Å². The van der Waals surface area contributed by atoms with Crippen molar-refractivity contribution in [2.75, 3.05) is 0 Å². The first kappa shape index (κ1) is 14.4. The highest BCUT2D eigenvalue weighted by Gasteiger charge is 2.01. The third kappa shape index (κ3) is 4.56. The number of hydrogen-bond acceptors (Lipinski definition) is 2. The molecule has 0 bridgehead atoms. The lowest BCUT2D eigenvalue weighted by Gasteiger charge is -2.09. The highest BCUT2D eigenvalue weighted by Crippen LogP contribution is 2.15. The molecule has 2 aromatic carbocycles. The van der Waals surface area contributed by atoms with Gasteiger partial charge in [0.15, 0.2) is 0 Å². The molecular weight excluding hydrogens is 246 g/mol. The van der Waals surface area contributed by atoms with Gasteiger partial charge in [0.25, 0.3) is 0 Å². The summed E-state index contributed by atoms with van der Waals surface area (Å²) in [5.41, 5.74) is 8.37. The summed E-state index contributed by atoms with van der Waals surface area (Å²) >= 11 is 0. The second-order valence-electron chi connectivity index (χ2n) is 4.81. The van der Waals surface area contributed by atoms with Gasteiger partial charge in [0.2, 0.25) is 0 Å². The average molecular weight is 267 g/mol. The molecule has 0 saturated carbocycles. The first-order valence-corrected chi connectivity index (χ1v) is 6.92. The van der Waals surface area contributed by atoms with Gasteiger partial charge in [-0.05, 0) is 36.6 Å². The summed E-state index contributed by atoms with van der Waals surface area (Å²) in [4.78, 5) is 0. The minimum atomic E-state index is 0.0797. The Morgan fingerprint density at radius 1 is 1.00 bits per heavy atom. The topological polar surface area (TPSA) is 35.2 Å². The number of rotatable bonds is 6. The summed E-state index contributed by atoms with van der Waals surface area (Å²) in [6.07, 6.45) is 4.85. The molecule has 0 fully saturated rings.